The highest BCUT2D eigenvalue weighted by Crippen LogP contribution is 2.22. The second-order valence-electron chi connectivity index (χ2n) is 4.85. The minimum Gasteiger partial charge on any atom is -0.398 e. The first-order chi connectivity index (χ1) is 8.70. The van der Waals surface area contributed by atoms with Crippen LogP contribution in [0.4, 0.5) is 11.4 Å². The van der Waals surface area contributed by atoms with Gasteiger partial charge in [0.1, 0.15) is 6.07 Å². The van der Waals surface area contributed by atoms with Crippen LogP contribution in [0, 0.1) is 17.2 Å². The molecule has 0 amide bonds. The molecule has 4 heteroatoms. The van der Waals surface area contributed by atoms with E-state index in [0.717, 1.165) is 31.9 Å². The topological polar surface area (TPSA) is 62.3 Å². The molecule has 0 saturated carbocycles. The van der Waals surface area contributed by atoms with Crippen LogP contribution in [0.5, 0.6) is 0 Å². The summed E-state index contributed by atoms with van der Waals surface area (Å²) in [6, 6.07) is 7.72. The van der Waals surface area contributed by atoms with Crippen molar-refractivity contribution in [2.45, 2.75) is 12.8 Å². The molecule has 2 N–H and O–H groups in total. The third-order valence-corrected chi connectivity index (χ3v) is 3.38. The van der Waals surface area contributed by atoms with Crippen LogP contribution < -0.4 is 10.6 Å². The lowest BCUT2D eigenvalue weighted by Crippen LogP contribution is -2.30. The first-order valence-electron chi connectivity index (χ1n) is 6.29. The van der Waals surface area contributed by atoms with Crippen LogP contribution in [-0.2, 0) is 4.74 Å². The summed E-state index contributed by atoms with van der Waals surface area (Å²) in [6.07, 6.45) is 2.36. The molecule has 96 valence electrons. The second-order valence-corrected chi connectivity index (χ2v) is 4.85. The zero-order chi connectivity index (χ0) is 13.0. The van der Waals surface area contributed by atoms with Gasteiger partial charge < -0.3 is 15.4 Å². The molecule has 1 saturated heterocycles. The molecule has 18 heavy (non-hydrogen) atoms. The van der Waals surface area contributed by atoms with Gasteiger partial charge in [-0.15, -0.1) is 0 Å². The molecule has 1 aromatic carbocycles. The van der Waals surface area contributed by atoms with E-state index in [-0.39, 0.29) is 0 Å². The molecule has 1 unspecified atom stereocenters. The number of nitrogens with zero attached hydrogens (tertiary/aromatic N) is 2. The van der Waals surface area contributed by atoms with Gasteiger partial charge in [-0.2, -0.15) is 5.26 Å². The van der Waals surface area contributed by atoms with Gasteiger partial charge in [-0.05, 0) is 37.0 Å². The van der Waals surface area contributed by atoms with Crippen LogP contribution in [0.3, 0.4) is 0 Å². The summed E-state index contributed by atoms with van der Waals surface area (Å²) in [5.41, 5.74) is 7.84. The lowest BCUT2D eigenvalue weighted by atomic mass is 10.0. The maximum Gasteiger partial charge on any atom is 0.101 e. The van der Waals surface area contributed by atoms with Gasteiger partial charge in [0.15, 0.2) is 0 Å². The summed E-state index contributed by atoms with van der Waals surface area (Å²) in [4.78, 5) is 2.17. The zero-order valence-electron chi connectivity index (χ0n) is 10.7. The van der Waals surface area contributed by atoms with E-state index in [1.807, 2.05) is 19.2 Å². The molecule has 0 radical (unpaired) electrons. The average Bonchev–Trinajstić information content (AvgIpc) is 2.40. The second kappa shape index (κ2) is 5.74. The van der Waals surface area contributed by atoms with Gasteiger partial charge in [-0.1, -0.05) is 0 Å². The van der Waals surface area contributed by atoms with Crippen LogP contribution >= 0.6 is 0 Å². The van der Waals surface area contributed by atoms with Crippen LogP contribution in [-0.4, -0.2) is 26.8 Å². The monoisotopic (exact) mass is 245 g/mol. The smallest absolute Gasteiger partial charge is 0.101 e. The number of rotatable bonds is 3. The molecule has 1 aliphatic rings. The molecule has 0 aliphatic carbocycles. The van der Waals surface area contributed by atoms with Gasteiger partial charge in [-0.25, -0.2) is 0 Å². The number of hydrogen-bond acceptors (Lipinski definition) is 4. The number of nitriles is 1. The number of hydrogen-bond donors (Lipinski definition) is 1. The molecular formula is C14H19N3O. The summed E-state index contributed by atoms with van der Waals surface area (Å²) in [7, 11) is 2.04. The Kier molecular flexibility index (Phi) is 4.06. The summed E-state index contributed by atoms with van der Waals surface area (Å²) < 4.78 is 5.48. The van der Waals surface area contributed by atoms with E-state index in [2.05, 4.69) is 11.0 Å². The Bertz CT molecular complexity index is 447. The quantitative estimate of drug-likeness (QED) is 0.827. The highest BCUT2D eigenvalue weighted by Gasteiger charge is 2.16. The molecule has 0 spiro atoms. The van der Waals surface area contributed by atoms with E-state index in [4.69, 9.17) is 15.7 Å². The number of ether oxygens (including phenoxy) is 1. The molecule has 0 bridgehead atoms. The van der Waals surface area contributed by atoms with Gasteiger partial charge in [-0.3, -0.25) is 0 Å². The summed E-state index contributed by atoms with van der Waals surface area (Å²) >= 11 is 0. The van der Waals surface area contributed by atoms with E-state index in [1.54, 1.807) is 6.07 Å². The minimum absolute atomic E-state index is 0.538. The lowest BCUT2D eigenvalue weighted by Gasteiger charge is -2.28. The normalized spacial score (nSPS) is 19.2. The van der Waals surface area contributed by atoms with Crippen molar-refractivity contribution in [1.29, 1.82) is 5.26 Å². The number of nitrogen functional groups attached to an aromatic ring is 1. The molecular weight excluding hydrogens is 226 g/mol. The Balaban J connectivity index is 2.04. The predicted molar refractivity (Wildman–Crippen MR) is 72.4 cm³/mol. The van der Waals surface area contributed by atoms with Gasteiger partial charge >= 0.3 is 0 Å². The van der Waals surface area contributed by atoms with Crippen molar-refractivity contribution in [3.63, 3.8) is 0 Å². The van der Waals surface area contributed by atoms with Crippen LogP contribution in [0.15, 0.2) is 18.2 Å². The number of benzene rings is 1. The molecule has 2 rings (SSSR count). The Morgan fingerprint density at radius 1 is 1.56 bits per heavy atom. The zero-order valence-corrected chi connectivity index (χ0v) is 10.7. The SMILES string of the molecule is CN(CC1CCCOC1)c1ccc(N)c(C#N)c1. The molecule has 1 aliphatic heterocycles. The highest BCUT2D eigenvalue weighted by atomic mass is 16.5. The summed E-state index contributed by atoms with van der Waals surface area (Å²) in [5, 5.41) is 8.98. The van der Waals surface area contributed by atoms with E-state index in [1.165, 1.54) is 6.42 Å². The van der Waals surface area contributed by atoms with Crippen LogP contribution in [0.2, 0.25) is 0 Å². The average molecular weight is 245 g/mol. The summed E-state index contributed by atoms with van der Waals surface area (Å²) in [5.74, 6) is 0.576. The Labute approximate surface area is 108 Å². The Hall–Kier alpha value is -1.73. The number of nitrogens with two attached hydrogens (primary N) is 1. The Morgan fingerprint density at radius 3 is 3.06 bits per heavy atom. The third-order valence-electron chi connectivity index (χ3n) is 3.38. The van der Waals surface area contributed by atoms with E-state index < -0.39 is 0 Å². The van der Waals surface area contributed by atoms with E-state index >= 15 is 0 Å². The maximum atomic E-state index is 8.98. The van der Waals surface area contributed by atoms with Gasteiger partial charge in [0.2, 0.25) is 0 Å². The predicted octanol–water partition coefficient (Wildman–Crippen LogP) is 2.00. The van der Waals surface area contributed by atoms with Crippen molar-refractivity contribution < 1.29 is 4.74 Å². The van der Waals surface area contributed by atoms with Gasteiger partial charge in [0.25, 0.3) is 0 Å². The largest absolute Gasteiger partial charge is 0.398 e. The summed E-state index contributed by atoms with van der Waals surface area (Å²) in [6.45, 7) is 2.68. The van der Waals surface area contributed by atoms with Crippen molar-refractivity contribution in [2.75, 3.05) is 37.4 Å². The third kappa shape index (κ3) is 2.93. The van der Waals surface area contributed by atoms with Gasteiger partial charge in [0, 0.05) is 31.6 Å². The van der Waals surface area contributed by atoms with Crippen LogP contribution in [0.25, 0.3) is 0 Å². The van der Waals surface area contributed by atoms with E-state index in [0.29, 0.717) is 17.2 Å². The van der Waals surface area contributed by atoms with Crippen molar-refractivity contribution >= 4 is 11.4 Å². The van der Waals surface area contributed by atoms with Crippen molar-refractivity contribution in [3.8, 4) is 6.07 Å². The molecule has 1 aromatic rings. The first kappa shape index (κ1) is 12.7. The molecule has 4 nitrogen and oxygen atoms in total. The maximum absolute atomic E-state index is 8.98. The first-order valence-corrected chi connectivity index (χ1v) is 6.29. The highest BCUT2D eigenvalue weighted by molar-refractivity contribution is 5.62. The fraction of sp³-hybridized carbons (Fsp3) is 0.500. The number of anilines is 2. The Morgan fingerprint density at radius 2 is 2.39 bits per heavy atom. The molecule has 1 atom stereocenters. The molecule has 1 heterocycles. The lowest BCUT2D eigenvalue weighted by molar-refractivity contribution is 0.0576. The van der Waals surface area contributed by atoms with Crippen molar-refractivity contribution in [3.05, 3.63) is 23.8 Å². The molecule has 0 aromatic heterocycles. The van der Waals surface area contributed by atoms with Crippen molar-refractivity contribution in [2.24, 2.45) is 5.92 Å². The molecule has 1 fully saturated rings. The fourth-order valence-electron chi connectivity index (χ4n) is 2.32. The van der Waals surface area contributed by atoms with Gasteiger partial charge in [0.05, 0.1) is 12.2 Å². The standard InChI is InChI=1S/C14H19N3O/c1-17(9-11-3-2-6-18-10-11)13-4-5-14(16)12(7-13)8-15/h4-5,7,11H,2-3,6,9-10,16H2,1H3. The van der Waals surface area contributed by atoms with E-state index in [9.17, 15) is 0 Å². The van der Waals surface area contributed by atoms with Crippen molar-refractivity contribution in [1.82, 2.24) is 0 Å². The minimum atomic E-state index is 0.538. The fourth-order valence-corrected chi connectivity index (χ4v) is 2.32. The van der Waals surface area contributed by atoms with Crippen LogP contribution in [0.1, 0.15) is 18.4 Å².